The van der Waals surface area contributed by atoms with E-state index in [-0.39, 0.29) is 11.5 Å². The van der Waals surface area contributed by atoms with Gasteiger partial charge in [0.05, 0.1) is 0 Å². The van der Waals surface area contributed by atoms with Crippen molar-refractivity contribution in [2.75, 3.05) is 18.0 Å². The van der Waals surface area contributed by atoms with Gasteiger partial charge in [0.25, 0.3) is 5.56 Å². The molecule has 0 bridgehead atoms. The zero-order valence-electron chi connectivity index (χ0n) is 11.1. The predicted molar refractivity (Wildman–Crippen MR) is 73.0 cm³/mol. The average Bonchev–Trinajstić information content (AvgIpc) is 2.38. The summed E-state index contributed by atoms with van der Waals surface area (Å²) in [5, 5.41) is 0. The molecule has 18 heavy (non-hydrogen) atoms. The van der Waals surface area contributed by atoms with Crippen LogP contribution < -0.4 is 16.2 Å². The van der Waals surface area contributed by atoms with Crippen LogP contribution in [0.25, 0.3) is 0 Å². The molecule has 2 heterocycles. The fourth-order valence-corrected chi connectivity index (χ4v) is 2.43. The lowest BCUT2D eigenvalue weighted by molar-refractivity contribution is 0.461. The summed E-state index contributed by atoms with van der Waals surface area (Å²) in [6.07, 6.45) is 3.43. The molecular formula is C13H22N4O. The highest BCUT2D eigenvalue weighted by Crippen LogP contribution is 2.22. The summed E-state index contributed by atoms with van der Waals surface area (Å²) in [5.74, 6) is 1.75. The molecule has 0 radical (unpaired) electrons. The third-order valence-corrected chi connectivity index (χ3v) is 3.49. The summed E-state index contributed by atoms with van der Waals surface area (Å²) in [7, 11) is 0. The van der Waals surface area contributed by atoms with E-state index in [0.29, 0.717) is 12.6 Å². The van der Waals surface area contributed by atoms with Crippen LogP contribution in [0.3, 0.4) is 0 Å². The second kappa shape index (κ2) is 5.52. The van der Waals surface area contributed by atoms with Gasteiger partial charge in [-0.25, -0.2) is 4.98 Å². The molecule has 0 saturated carbocycles. The van der Waals surface area contributed by atoms with Gasteiger partial charge in [-0.2, -0.15) is 0 Å². The second-order valence-electron chi connectivity index (χ2n) is 5.22. The molecule has 0 aliphatic carbocycles. The number of nitrogens with one attached hydrogen (secondary N) is 1. The van der Waals surface area contributed by atoms with Crippen LogP contribution in [0, 0.1) is 0 Å². The van der Waals surface area contributed by atoms with Crippen LogP contribution in [0.1, 0.15) is 44.9 Å². The van der Waals surface area contributed by atoms with Gasteiger partial charge in [-0.3, -0.25) is 4.79 Å². The van der Waals surface area contributed by atoms with Crippen LogP contribution in [-0.4, -0.2) is 29.1 Å². The highest BCUT2D eigenvalue weighted by atomic mass is 16.1. The Morgan fingerprint density at radius 1 is 1.56 bits per heavy atom. The molecule has 0 aromatic carbocycles. The molecule has 1 aromatic rings. The monoisotopic (exact) mass is 250 g/mol. The van der Waals surface area contributed by atoms with Gasteiger partial charge in [0.15, 0.2) is 0 Å². The number of piperidine rings is 1. The van der Waals surface area contributed by atoms with Crippen molar-refractivity contribution < 1.29 is 0 Å². The van der Waals surface area contributed by atoms with Crippen molar-refractivity contribution in [1.82, 2.24) is 9.97 Å². The first kappa shape index (κ1) is 13.1. The molecule has 0 spiro atoms. The van der Waals surface area contributed by atoms with E-state index in [2.05, 4.69) is 14.9 Å². The highest BCUT2D eigenvalue weighted by molar-refractivity contribution is 5.40. The van der Waals surface area contributed by atoms with E-state index in [0.717, 1.165) is 31.0 Å². The van der Waals surface area contributed by atoms with E-state index < -0.39 is 0 Å². The van der Waals surface area contributed by atoms with Crippen molar-refractivity contribution in [3.8, 4) is 0 Å². The molecule has 1 aliphatic rings. The van der Waals surface area contributed by atoms with Crippen LogP contribution in [0.2, 0.25) is 0 Å². The number of anilines is 1. The Morgan fingerprint density at radius 3 is 3.00 bits per heavy atom. The Labute approximate surface area is 107 Å². The SMILES string of the molecule is CC(C)c1nc(N2CCCCC2CN)cc(=O)[nH]1. The number of hydrogen-bond acceptors (Lipinski definition) is 4. The molecule has 1 saturated heterocycles. The van der Waals surface area contributed by atoms with Gasteiger partial charge in [-0.1, -0.05) is 13.8 Å². The summed E-state index contributed by atoms with van der Waals surface area (Å²) >= 11 is 0. The normalized spacial score (nSPS) is 20.4. The minimum absolute atomic E-state index is 0.0787. The Bertz CT molecular complexity index is 455. The molecule has 5 heteroatoms. The lowest BCUT2D eigenvalue weighted by Gasteiger charge is -2.36. The van der Waals surface area contributed by atoms with Crippen LogP contribution >= 0.6 is 0 Å². The van der Waals surface area contributed by atoms with E-state index in [1.165, 1.54) is 6.42 Å². The van der Waals surface area contributed by atoms with Gasteiger partial charge in [-0.05, 0) is 19.3 Å². The van der Waals surface area contributed by atoms with E-state index in [4.69, 9.17) is 5.73 Å². The maximum atomic E-state index is 11.7. The fourth-order valence-electron chi connectivity index (χ4n) is 2.43. The minimum Gasteiger partial charge on any atom is -0.352 e. The Morgan fingerprint density at radius 2 is 2.33 bits per heavy atom. The molecule has 100 valence electrons. The van der Waals surface area contributed by atoms with Crippen molar-refractivity contribution >= 4 is 5.82 Å². The van der Waals surface area contributed by atoms with Crippen molar-refractivity contribution in [3.05, 3.63) is 22.2 Å². The van der Waals surface area contributed by atoms with E-state index >= 15 is 0 Å². The first-order chi connectivity index (χ1) is 8.61. The van der Waals surface area contributed by atoms with E-state index in [1.54, 1.807) is 6.07 Å². The topological polar surface area (TPSA) is 75.0 Å². The average molecular weight is 250 g/mol. The van der Waals surface area contributed by atoms with Gasteiger partial charge in [0, 0.05) is 31.1 Å². The minimum atomic E-state index is -0.0787. The largest absolute Gasteiger partial charge is 0.352 e. The number of nitrogens with two attached hydrogens (primary N) is 1. The third-order valence-electron chi connectivity index (χ3n) is 3.49. The highest BCUT2D eigenvalue weighted by Gasteiger charge is 2.23. The lowest BCUT2D eigenvalue weighted by Crippen LogP contribution is -2.45. The first-order valence-electron chi connectivity index (χ1n) is 6.69. The zero-order valence-corrected chi connectivity index (χ0v) is 11.1. The third kappa shape index (κ3) is 2.72. The number of aromatic nitrogens is 2. The second-order valence-corrected chi connectivity index (χ2v) is 5.22. The Hall–Kier alpha value is -1.36. The predicted octanol–water partition coefficient (Wildman–Crippen LogP) is 1.21. The molecule has 0 amide bonds. The van der Waals surface area contributed by atoms with Gasteiger partial charge in [0.2, 0.25) is 0 Å². The molecule has 1 fully saturated rings. The molecular weight excluding hydrogens is 228 g/mol. The summed E-state index contributed by atoms with van der Waals surface area (Å²) in [6.45, 7) is 5.61. The maximum Gasteiger partial charge on any atom is 0.252 e. The summed E-state index contributed by atoms with van der Waals surface area (Å²) in [6, 6.07) is 1.90. The zero-order chi connectivity index (χ0) is 13.1. The van der Waals surface area contributed by atoms with Crippen LogP contribution in [-0.2, 0) is 0 Å². The van der Waals surface area contributed by atoms with Crippen LogP contribution in [0.4, 0.5) is 5.82 Å². The Balaban J connectivity index is 2.33. The molecule has 2 rings (SSSR count). The fraction of sp³-hybridized carbons (Fsp3) is 0.692. The van der Waals surface area contributed by atoms with Gasteiger partial charge in [-0.15, -0.1) is 0 Å². The van der Waals surface area contributed by atoms with Crippen molar-refractivity contribution in [2.24, 2.45) is 5.73 Å². The van der Waals surface area contributed by atoms with Crippen molar-refractivity contribution in [1.29, 1.82) is 0 Å². The number of nitrogens with zero attached hydrogens (tertiary/aromatic N) is 2. The molecule has 1 aromatic heterocycles. The van der Waals surface area contributed by atoms with E-state index in [9.17, 15) is 4.79 Å². The van der Waals surface area contributed by atoms with Crippen LogP contribution in [0.5, 0.6) is 0 Å². The quantitative estimate of drug-likeness (QED) is 0.845. The van der Waals surface area contributed by atoms with Crippen LogP contribution in [0.15, 0.2) is 10.9 Å². The summed E-state index contributed by atoms with van der Waals surface area (Å²) in [4.78, 5) is 21.2. The molecule has 1 unspecified atom stereocenters. The lowest BCUT2D eigenvalue weighted by atomic mass is 10.0. The Kier molecular flexibility index (Phi) is 4.01. The number of aromatic amines is 1. The standard InChI is InChI=1S/C13H22N4O/c1-9(2)13-15-11(7-12(18)16-13)17-6-4-3-5-10(17)8-14/h7,9-10H,3-6,8,14H2,1-2H3,(H,15,16,18). The van der Waals surface area contributed by atoms with E-state index in [1.807, 2.05) is 13.8 Å². The van der Waals surface area contributed by atoms with Gasteiger partial charge >= 0.3 is 0 Å². The molecule has 3 N–H and O–H groups in total. The number of H-pyrrole nitrogens is 1. The molecule has 1 aliphatic heterocycles. The molecule has 5 nitrogen and oxygen atoms in total. The van der Waals surface area contributed by atoms with Gasteiger partial charge < -0.3 is 15.6 Å². The summed E-state index contributed by atoms with van der Waals surface area (Å²) in [5.41, 5.74) is 5.73. The smallest absolute Gasteiger partial charge is 0.252 e. The van der Waals surface area contributed by atoms with Crippen molar-refractivity contribution in [2.45, 2.75) is 45.1 Å². The van der Waals surface area contributed by atoms with Gasteiger partial charge in [0.1, 0.15) is 11.6 Å². The number of rotatable bonds is 3. The first-order valence-corrected chi connectivity index (χ1v) is 6.69. The van der Waals surface area contributed by atoms with Crippen molar-refractivity contribution in [3.63, 3.8) is 0 Å². The molecule has 1 atom stereocenters. The summed E-state index contributed by atoms with van der Waals surface area (Å²) < 4.78 is 0. The number of hydrogen-bond donors (Lipinski definition) is 2. The maximum absolute atomic E-state index is 11.7.